The van der Waals surface area contributed by atoms with Crippen molar-refractivity contribution in [1.82, 2.24) is 15.3 Å². The highest BCUT2D eigenvalue weighted by atomic mass is 16.5. The summed E-state index contributed by atoms with van der Waals surface area (Å²) in [5.74, 6) is 3.00. The van der Waals surface area contributed by atoms with E-state index < -0.39 is 0 Å². The van der Waals surface area contributed by atoms with Crippen molar-refractivity contribution in [3.8, 4) is 11.5 Å². The molecule has 7 nitrogen and oxygen atoms in total. The number of nitrogens with one attached hydrogen (secondary N) is 1. The molecule has 0 radical (unpaired) electrons. The fourth-order valence-corrected chi connectivity index (χ4v) is 4.27. The number of nitrogens with zero attached hydrogens (tertiary/aromatic N) is 3. The Balaban J connectivity index is 1.46. The summed E-state index contributed by atoms with van der Waals surface area (Å²) in [4.78, 5) is 24.5. The lowest BCUT2D eigenvalue weighted by Crippen LogP contribution is -2.34. The highest BCUT2D eigenvalue weighted by molar-refractivity contribution is 5.96. The number of rotatable bonds is 9. The maximum absolute atomic E-state index is 13.0. The van der Waals surface area contributed by atoms with Gasteiger partial charge in [-0.2, -0.15) is 0 Å². The molecule has 1 aliphatic heterocycles. The smallest absolute Gasteiger partial charge is 0.289 e. The molecule has 0 bridgehead atoms. The molecule has 1 saturated heterocycles. The summed E-state index contributed by atoms with van der Waals surface area (Å²) in [7, 11) is 0. The van der Waals surface area contributed by atoms with E-state index in [4.69, 9.17) is 14.5 Å². The number of fused-ring (bicyclic) bond motifs is 1. The van der Waals surface area contributed by atoms with Crippen LogP contribution in [-0.2, 0) is 6.42 Å². The van der Waals surface area contributed by atoms with Gasteiger partial charge in [0, 0.05) is 25.0 Å². The summed E-state index contributed by atoms with van der Waals surface area (Å²) in [6.07, 6.45) is 2.93. The number of piperidine rings is 1. The van der Waals surface area contributed by atoms with Gasteiger partial charge in [0.15, 0.2) is 11.5 Å². The maximum Gasteiger partial charge on any atom is 0.289 e. The number of anilines is 1. The Morgan fingerprint density at radius 1 is 1.03 bits per heavy atom. The fourth-order valence-electron chi connectivity index (χ4n) is 4.27. The quantitative estimate of drug-likeness (QED) is 0.499. The normalized spacial score (nSPS) is 14.3. The van der Waals surface area contributed by atoms with Gasteiger partial charge in [-0.1, -0.05) is 25.1 Å². The number of hydrogen-bond donors (Lipinski definition) is 1. The molecule has 0 spiro atoms. The van der Waals surface area contributed by atoms with Gasteiger partial charge in [0.1, 0.15) is 5.82 Å². The number of hydrogen-bond acceptors (Lipinski definition) is 6. The van der Waals surface area contributed by atoms with E-state index >= 15 is 0 Å². The highest BCUT2D eigenvalue weighted by Crippen LogP contribution is 2.29. The van der Waals surface area contributed by atoms with Crippen molar-refractivity contribution in [2.75, 3.05) is 37.7 Å². The van der Waals surface area contributed by atoms with Crippen LogP contribution in [0.15, 0.2) is 42.5 Å². The zero-order valence-corrected chi connectivity index (χ0v) is 20.3. The summed E-state index contributed by atoms with van der Waals surface area (Å²) >= 11 is 0. The average Bonchev–Trinajstić information content (AvgIpc) is 2.85. The lowest BCUT2D eigenvalue weighted by molar-refractivity contribution is 0.0944. The van der Waals surface area contributed by atoms with Crippen LogP contribution in [0.1, 0.15) is 49.8 Å². The molecular formula is C27H34N4O3. The molecular weight excluding hydrogens is 428 g/mol. The Morgan fingerprint density at radius 3 is 2.53 bits per heavy atom. The Hall–Kier alpha value is -3.35. The van der Waals surface area contributed by atoms with Crippen molar-refractivity contribution in [3.05, 3.63) is 53.9 Å². The molecule has 34 heavy (non-hydrogen) atoms. The van der Waals surface area contributed by atoms with E-state index in [0.29, 0.717) is 26.2 Å². The van der Waals surface area contributed by atoms with Gasteiger partial charge in [0.05, 0.1) is 18.7 Å². The maximum atomic E-state index is 13.0. The second-order valence-electron chi connectivity index (χ2n) is 8.71. The van der Waals surface area contributed by atoms with E-state index in [1.165, 1.54) is 0 Å². The molecule has 180 valence electrons. The standard InChI is InChI=1S/C27H34N4O3/c1-4-33-23-11-10-20(18-24(23)34-5-2)12-15-28-27(32)25-29-22-9-7-6-8-21(22)26(30-25)31-16-13-19(3)14-17-31/h6-11,18-19H,4-5,12-17H2,1-3H3,(H,28,32). The van der Waals surface area contributed by atoms with Gasteiger partial charge < -0.3 is 19.7 Å². The van der Waals surface area contributed by atoms with Gasteiger partial charge in [-0.3, -0.25) is 4.79 Å². The number of carbonyl (C=O) groups excluding carboxylic acids is 1. The molecule has 1 aromatic heterocycles. The second-order valence-corrected chi connectivity index (χ2v) is 8.71. The van der Waals surface area contributed by atoms with Gasteiger partial charge in [-0.25, -0.2) is 9.97 Å². The third-order valence-electron chi connectivity index (χ3n) is 6.18. The Morgan fingerprint density at radius 2 is 1.76 bits per heavy atom. The number of benzene rings is 2. The van der Waals surface area contributed by atoms with Gasteiger partial charge in [0.2, 0.25) is 5.82 Å². The topological polar surface area (TPSA) is 76.6 Å². The Bertz CT molecular complexity index is 1130. The summed E-state index contributed by atoms with van der Waals surface area (Å²) in [5.41, 5.74) is 1.86. The molecule has 0 unspecified atom stereocenters. The Kier molecular flexibility index (Phi) is 7.83. The van der Waals surface area contributed by atoms with Crippen molar-refractivity contribution >= 4 is 22.6 Å². The number of amides is 1. The fraction of sp³-hybridized carbons (Fsp3) is 0.444. The van der Waals surface area contributed by atoms with Crippen LogP contribution in [0.3, 0.4) is 0 Å². The molecule has 1 amide bonds. The number of para-hydroxylation sites is 1. The molecule has 3 aromatic rings. The minimum atomic E-state index is -0.256. The van der Waals surface area contributed by atoms with Crippen molar-refractivity contribution < 1.29 is 14.3 Å². The van der Waals surface area contributed by atoms with Gasteiger partial charge in [-0.15, -0.1) is 0 Å². The van der Waals surface area contributed by atoms with Crippen LogP contribution in [0.25, 0.3) is 10.9 Å². The third-order valence-corrected chi connectivity index (χ3v) is 6.18. The van der Waals surface area contributed by atoms with E-state index in [1.807, 2.05) is 56.3 Å². The lowest BCUT2D eigenvalue weighted by atomic mass is 9.99. The summed E-state index contributed by atoms with van der Waals surface area (Å²) in [6, 6.07) is 13.8. The predicted molar refractivity (Wildman–Crippen MR) is 135 cm³/mol. The first-order valence-corrected chi connectivity index (χ1v) is 12.3. The van der Waals surface area contributed by atoms with Crippen molar-refractivity contribution in [3.63, 3.8) is 0 Å². The van der Waals surface area contributed by atoms with Crippen LogP contribution >= 0.6 is 0 Å². The molecule has 0 atom stereocenters. The summed E-state index contributed by atoms with van der Waals surface area (Å²) in [5, 5.41) is 3.98. The van der Waals surface area contributed by atoms with E-state index in [-0.39, 0.29) is 11.7 Å². The van der Waals surface area contributed by atoms with Gasteiger partial charge >= 0.3 is 0 Å². The molecule has 2 heterocycles. The number of ether oxygens (including phenoxy) is 2. The third kappa shape index (κ3) is 5.58. The minimum absolute atomic E-state index is 0.217. The monoisotopic (exact) mass is 462 g/mol. The van der Waals surface area contributed by atoms with Crippen LogP contribution in [0.2, 0.25) is 0 Å². The molecule has 2 aromatic carbocycles. The van der Waals surface area contributed by atoms with Gasteiger partial charge in [-0.05, 0) is 68.9 Å². The second kappa shape index (κ2) is 11.2. The zero-order valence-electron chi connectivity index (χ0n) is 20.3. The van der Waals surface area contributed by atoms with Crippen LogP contribution in [0.4, 0.5) is 5.82 Å². The molecule has 1 aliphatic rings. The molecule has 0 saturated carbocycles. The number of carbonyl (C=O) groups is 1. The zero-order chi connectivity index (χ0) is 23.9. The molecule has 0 aliphatic carbocycles. The highest BCUT2D eigenvalue weighted by Gasteiger charge is 2.21. The number of aromatic nitrogens is 2. The SMILES string of the molecule is CCOc1ccc(CCNC(=O)c2nc(N3CCC(C)CC3)c3ccccc3n2)cc1OCC. The molecule has 7 heteroatoms. The first-order chi connectivity index (χ1) is 16.6. The van der Waals surface area contributed by atoms with Crippen molar-refractivity contribution in [2.24, 2.45) is 5.92 Å². The first-order valence-electron chi connectivity index (χ1n) is 12.3. The predicted octanol–water partition coefficient (Wildman–Crippen LogP) is 4.64. The van der Waals surface area contributed by atoms with Crippen molar-refractivity contribution in [1.29, 1.82) is 0 Å². The molecule has 4 rings (SSSR count). The van der Waals surface area contributed by atoms with Crippen molar-refractivity contribution in [2.45, 2.75) is 40.0 Å². The van der Waals surface area contributed by atoms with E-state index in [0.717, 1.165) is 65.6 Å². The largest absolute Gasteiger partial charge is 0.490 e. The van der Waals surface area contributed by atoms with Crippen LogP contribution < -0.4 is 19.7 Å². The Labute approximate surface area is 201 Å². The van der Waals surface area contributed by atoms with Crippen LogP contribution in [-0.4, -0.2) is 48.7 Å². The van der Waals surface area contributed by atoms with E-state index in [2.05, 4.69) is 22.1 Å². The van der Waals surface area contributed by atoms with Gasteiger partial charge in [0.25, 0.3) is 5.91 Å². The first kappa shape index (κ1) is 23.8. The molecule has 1 fully saturated rings. The average molecular weight is 463 g/mol. The molecule has 1 N–H and O–H groups in total. The van der Waals surface area contributed by atoms with E-state index in [9.17, 15) is 4.79 Å². The van der Waals surface area contributed by atoms with Crippen LogP contribution in [0.5, 0.6) is 11.5 Å². The summed E-state index contributed by atoms with van der Waals surface area (Å²) < 4.78 is 11.3. The van der Waals surface area contributed by atoms with Crippen LogP contribution in [0, 0.1) is 5.92 Å². The summed E-state index contributed by atoms with van der Waals surface area (Å²) in [6.45, 7) is 9.71. The minimum Gasteiger partial charge on any atom is -0.490 e. The lowest BCUT2D eigenvalue weighted by Gasteiger charge is -2.32. The van der Waals surface area contributed by atoms with E-state index in [1.54, 1.807) is 0 Å².